The summed E-state index contributed by atoms with van der Waals surface area (Å²) in [5, 5.41) is 9.04. The normalized spacial score (nSPS) is 27.2. The van der Waals surface area contributed by atoms with Crippen molar-refractivity contribution in [2.45, 2.75) is 38.1 Å². The smallest absolute Gasteiger partial charge is 0.226 e. The van der Waals surface area contributed by atoms with Gasteiger partial charge in [0.15, 0.2) is 0 Å². The Morgan fingerprint density at radius 2 is 1.97 bits per heavy atom. The first-order chi connectivity index (χ1) is 14.7. The van der Waals surface area contributed by atoms with Crippen molar-refractivity contribution in [3.05, 3.63) is 53.6 Å². The quantitative estimate of drug-likeness (QED) is 0.832. The molecule has 1 saturated heterocycles. The molecule has 2 heterocycles. The maximum absolute atomic E-state index is 13.1. The fourth-order valence-electron chi connectivity index (χ4n) is 5.86. The van der Waals surface area contributed by atoms with E-state index in [1.165, 1.54) is 24.8 Å². The molecule has 1 aromatic carbocycles. The Labute approximate surface area is 177 Å². The van der Waals surface area contributed by atoms with E-state index in [1.807, 2.05) is 30.5 Å². The summed E-state index contributed by atoms with van der Waals surface area (Å²) < 4.78 is 0. The summed E-state index contributed by atoms with van der Waals surface area (Å²) in [5.74, 6) is 2.15. The number of amides is 1. The lowest BCUT2D eigenvalue weighted by Gasteiger charge is -2.40. The van der Waals surface area contributed by atoms with Crippen LogP contribution in [0.2, 0.25) is 0 Å². The van der Waals surface area contributed by atoms with Crippen LogP contribution in [0.5, 0.6) is 0 Å². The van der Waals surface area contributed by atoms with Gasteiger partial charge in [-0.25, -0.2) is 4.98 Å². The minimum absolute atomic E-state index is 0.195. The molecule has 6 heteroatoms. The number of carbonyl (C=O) groups is 1. The Bertz CT molecular complexity index is 908. The fourth-order valence-corrected chi connectivity index (χ4v) is 5.86. The van der Waals surface area contributed by atoms with Gasteiger partial charge in [-0.1, -0.05) is 18.6 Å². The third-order valence-corrected chi connectivity index (χ3v) is 7.51. The van der Waals surface area contributed by atoms with Crippen LogP contribution >= 0.6 is 0 Å². The molecule has 6 nitrogen and oxygen atoms in total. The third-order valence-electron chi connectivity index (χ3n) is 7.51. The number of benzene rings is 1. The molecule has 3 aliphatic rings. The van der Waals surface area contributed by atoms with E-state index in [-0.39, 0.29) is 12.0 Å². The molecule has 1 N–H and O–H groups in total. The number of nitrogens with zero attached hydrogens (tertiary/aromatic N) is 4. The first-order valence-corrected chi connectivity index (χ1v) is 11.2. The number of nitriles is 1. The van der Waals surface area contributed by atoms with Crippen molar-refractivity contribution in [2.75, 3.05) is 26.2 Å². The highest BCUT2D eigenvalue weighted by molar-refractivity contribution is 5.79. The molecule has 3 fully saturated rings. The average molecular weight is 404 g/mol. The number of aromatic nitrogens is 2. The van der Waals surface area contributed by atoms with Gasteiger partial charge in [0, 0.05) is 38.3 Å². The van der Waals surface area contributed by atoms with Gasteiger partial charge < -0.3 is 9.88 Å². The molecule has 5 rings (SSSR count). The van der Waals surface area contributed by atoms with Crippen LogP contribution in [0.25, 0.3) is 0 Å². The topological polar surface area (TPSA) is 76.0 Å². The highest BCUT2D eigenvalue weighted by atomic mass is 16.2. The second-order valence-electron chi connectivity index (χ2n) is 9.18. The van der Waals surface area contributed by atoms with Crippen molar-refractivity contribution >= 4 is 5.91 Å². The Morgan fingerprint density at radius 1 is 1.17 bits per heavy atom. The van der Waals surface area contributed by atoms with E-state index in [1.54, 1.807) is 6.33 Å². The van der Waals surface area contributed by atoms with Crippen LogP contribution in [0.1, 0.15) is 48.5 Å². The average Bonchev–Trinajstić information content (AvgIpc) is 3.56. The molecule has 2 aromatic rings. The van der Waals surface area contributed by atoms with E-state index in [0.29, 0.717) is 17.4 Å². The van der Waals surface area contributed by atoms with Gasteiger partial charge in [-0.15, -0.1) is 0 Å². The van der Waals surface area contributed by atoms with Crippen LogP contribution in [-0.4, -0.2) is 51.9 Å². The Kier molecular flexibility index (Phi) is 5.30. The minimum Gasteiger partial charge on any atom is -0.347 e. The van der Waals surface area contributed by atoms with Crippen LogP contribution < -0.4 is 0 Å². The van der Waals surface area contributed by atoms with Gasteiger partial charge in [-0.2, -0.15) is 5.26 Å². The molecule has 1 aromatic heterocycles. The van der Waals surface area contributed by atoms with Crippen molar-refractivity contribution in [1.82, 2.24) is 19.8 Å². The zero-order valence-electron chi connectivity index (χ0n) is 17.3. The second kappa shape index (κ2) is 8.23. The number of nitrogens with one attached hydrogen (secondary N) is 1. The van der Waals surface area contributed by atoms with Crippen LogP contribution in [-0.2, 0) is 11.2 Å². The summed E-state index contributed by atoms with van der Waals surface area (Å²) in [5.41, 5.74) is 2.99. The lowest BCUT2D eigenvalue weighted by molar-refractivity contribution is -0.139. The Hall–Kier alpha value is -2.65. The molecule has 30 heavy (non-hydrogen) atoms. The van der Waals surface area contributed by atoms with Gasteiger partial charge in [0.1, 0.15) is 0 Å². The first kappa shape index (κ1) is 19.3. The van der Waals surface area contributed by atoms with Crippen LogP contribution in [0.4, 0.5) is 0 Å². The number of imidazole rings is 1. The van der Waals surface area contributed by atoms with E-state index in [2.05, 4.69) is 25.8 Å². The predicted octanol–water partition coefficient (Wildman–Crippen LogP) is 3.15. The molecule has 2 saturated carbocycles. The van der Waals surface area contributed by atoms with Crippen LogP contribution in [0, 0.1) is 29.1 Å². The third kappa shape index (κ3) is 3.75. The molecular formula is C24H29N5O. The number of aromatic amines is 1. The highest BCUT2D eigenvalue weighted by Gasteiger charge is 2.44. The van der Waals surface area contributed by atoms with Gasteiger partial charge in [0.2, 0.25) is 5.91 Å². The minimum atomic E-state index is 0.195. The summed E-state index contributed by atoms with van der Waals surface area (Å²) in [4.78, 5) is 25.2. The van der Waals surface area contributed by atoms with Gasteiger partial charge in [0.05, 0.1) is 29.7 Å². The number of hydrogen-bond donors (Lipinski definition) is 1. The number of fused-ring (bicyclic) bond motifs is 2. The van der Waals surface area contributed by atoms with Crippen molar-refractivity contribution in [3.8, 4) is 6.07 Å². The molecule has 156 valence electrons. The maximum Gasteiger partial charge on any atom is 0.226 e. The lowest BCUT2D eigenvalue weighted by Crippen LogP contribution is -2.52. The first-order valence-electron chi connectivity index (χ1n) is 11.2. The van der Waals surface area contributed by atoms with E-state index < -0.39 is 0 Å². The number of H-pyrrole nitrogens is 1. The number of piperazine rings is 1. The van der Waals surface area contributed by atoms with E-state index in [0.717, 1.165) is 50.6 Å². The number of carbonyl (C=O) groups excluding carboxylic acids is 1. The molecule has 4 atom stereocenters. The van der Waals surface area contributed by atoms with Gasteiger partial charge in [-0.3, -0.25) is 9.69 Å². The highest BCUT2D eigenvalue weighted by Crippen LogP contribution is 2.49. The molecule has 1 aliphatic heterocycles. The van der Waals surface area contributed by atoms with Crippen molar-refractivity contribution in [1.29, 1.82) is 5.26 Å². The SMILES string of the molecule is N#Cc1ccc(CC(c2cnc[nH]2)N2CCN(C(=O)C3CC4CCC3C4)CC2)cc1. The molecule has 4 unspecified atom stereocenters. The standard InChI is InChI=1S/C24H29N5O/c25-14-18-3-1-17(2-4-18)13-23(22-15-26-16-27-22)28-7-9-29(10-8-28)24(30)21-12-19-5-6-20(21)11-19/h1-4,15-16,19-21,23H,5-13H2,(H,26,27). The Balaban J connectivity index is 1.24. The molecule has 1 amide bonds. The van der Waals surface area contributed by atoms with Gasteiger partial charge >= 0.3 is 0 Å². The number of hydrogen-bond acceptors (Lipinski definition) is 4. The number of rotatable bonds is 5. The second-order valence-corrected chi connectivity index (χ2v) is 9.18. The Morgan fingerprint density at radius 3 is 2.57 bits per heavy atom. The van der Waals surface area contributed by atoms with Crippen LogP contribution in [0.3, 0.4) is 0 Å². The monoisotopic (exact) mass is 403 g/mol. The van der Waals surface area contributed by atoms with E-state index in [9.17, 15) is 4.79 Å². The predicted molar refractivity (Wildman–Crippen MR) is 113 cm³/mol. The molecule has 0 radical (unpaired) electrons. The summed E-state index contributed by atoms with van der Waals surface area (Å²) in [7, 11) is 0. The zero-order valence-corrected chi connectivity index (χ0v) is 17.3. The van der Waals surface area contributed by atoms with Crippen molar-refractivity contribution < 1.29 is 4.79 Å². The molecule has 0 spiro atoms. The van der Waals surface area contributed by atoms with Gasteiger partial charge in [0.25, 0.3) is 0 Å². The largest absolute Gasteiger partial charge is 0.347 e. The fraction of sp³-hybridized carbons (Fsp3) is 0.542. The summed E-state index contributed by atoms with van der Waals surface area (Å²) in [6, 6.07) is 10.2. The zero-order chi connectivity index (χ0) is 20.5. The summed E-state index contributed by atoms with van der Waals surface area (Å²) >= 11 is 0. The van der Waals surface area contributed by atoms with Crippen LogP contribution in [0.15, 0.2) is 36.8 Å². The summed E-state index contributed by atoms with van der Waals surface area (Å²) in [6.45, 7) is 3.38. The molecule has 2 aliphatic carbocycles. The maximum atomic E-state index is 13.1. The molecular weight excluding hydrogens is 374 g/mol. The van der Waals surface area contributed by atoms with Gasteiger partial charge in [-0.05, 0) is 55.2 Å². The van der Waals surface area contributed by atoms with Crippen molar-refractivity contribution in [2.24, 2.45) is 17.8 Å². The van der Waals surface area contributed by atoms with Crippen molar-refractivity contribution in [3.63, 3.8) is 0 Å². The molecule has 2 bridgehead atoms. The van der Waals surface area contributed by atoms with E-state index >= 15 is 0 Å². The summed E-state index contributed by atoms with van der Waals surface area (Å²) in [6.07, 6.45) is 9.49. The lowest BCUT2D eigenvalue weighted by atomic mass is 9.87. The van der Waals surface area contributed by atoms with E-state index in [4.69, 9.17) is 5.26 Å².